The van der Waals surface area contributed by atoms with Gasteiger partial charge in [-0.05, 0) is 26.7 Å². The molecule has 0 atom stereocenters. The summed E-state index contributed by atoms with van der Waals surface area (Å²) >= 11 is 0. The van der Waals surface area contributed by atoms with Gasteiger partial charge in [0, 0.05) is 17.6 Å². The Morgan fingerprint density at radius 2 is 1.92 bits per heavy atom. The molecule has 2 heteroatoms. The first-order valence-electron chi connectivity index (χ1n) is 4.61. The van der Waals surface area contributed by atoms with Gasteiger partial charge in [0.25, 0.3) is 0 Å². The van der Waals surface area contributed by atoms with E-state index in [-0.39, 0.29) is 0 Å². The van der Waals surface area contributed by atoms with E-state index >= 15 is 0 Å². The number of hydrogen-bond acceptors (Lipinski definition) is 2. The number of allylic oxidation sites excluding steroid dienone is 2. The van der Waals surface area contributed by atoms with Gasteiger partial charge in [-0.15, -0.1) is 0 Å². The van der Waals surface area contributed by atoms with Crippen molar-refractivity contribution in [2.45, 2.75) is 34.6 Å². The van der Waals surface area contributed by atoms with Crippen LogP contribution in [0.15, 0.2) is 29.7 Å². The molecule has 0 saturated heterocycles. The highest BCUT2D eigenvalue weighted by Crippen LogP contribution is 2.06. The number of nitrogens with zero attached hydrogens (tertiary/aromatic N) is 2. The summed E-state index contributed by atoms with van der Waals surface area (Å²) in [5.74, 6) is 0.479. The molecule has 0 aromatic carbocycles. The monoisotopic (exact) mass is 180 g/mol. The second-order valence-electron chi connectivity index (χ2n) is 3.46. The lowest BCUT2D eigenvalue weighted by Gasteiger charge is -2.16. The Morgan fingerprint density at radius 3 is 2.23 bits per heavy atom. The van der Waals surface area contributed by atoms with Crippen molar-refractivity contribution in [2.24, 2.45) is 11.0 Å². The summed E-state index contributed by atoms with van der Waals surface area (Å²) in [5, 5.41) is 6.23. The minimum atomic E-state index is 0.479. The minimum Gasteiger partial charge on any atom is -0.246 e. The molecule has 13 heavy (non-hydrogen) atoms. The van der Waals surface area contributed by atoms with Gasteiger partial charge >= 0.3 is 0 Å². The first-order chi connectivity index (χ1) is 5.99. The van der Waals surface area contributed by atoms with Gasteiger partial charge in [-0.3, -0.25) is 0 Å². The molecule has 0 N–H and O–H groups in total. The van der Waals surface area contributed by atoms with Gasteiger partial charge in [-0.2, -0.15) is 5.10 Å². The number of hydrazone groups is 1. The molecule has 2 nitrogen and oxygen atoms in total. The summed E-state index contributed by atoms with van der Waals surface area (Å²) in [7, 11) is 0. The van der Waals surface area contributed by atoms with Crippen LogP contribution < -0.4 is 0 Å². The number of rotatable bonds is 4. The highest BCUT2D eigenvalue weighted by molar-refractivity contribution is 5.83. The zero-order valence-corrected chi connectivity index (χ0v) is 9.33. The molecule has 0 bridgehead atoms. The predicted octanol–water partition coefficient (Wildman–Crippen LogP) is 3.39. The number of hydrogen-bond donors (Lipinski definition) is 0. The van der Waals surface area contributed by atoms with Crippen molar-refractivity contribution in [1.29, 1.82) is 0 Å². The second kappa shape index (κ2) is 5.57. The van der Waals surface area contributed by atoms with Crippen LogP contribution in [0, 0.1) is 5.92 Å². The van der Waals surface area contributed by atoms with Crippen LogP contribution in [-0.4, -0.2) is 10.7 Å². The third kappa shape index (κ3) is 4.51. The lowest BCUT2D eigenvalue weighted by atomic mass is 10.1. The molecule has 0 aromatic rings. The van der Waals surface area contributed by atoms with Crippen molar-refractivity contribution in [3.05, 3.63) is 24.6 Å². The summed E-state index contributed by atoms with van der Waals surface area (Å²) in [6.45, 7) is 14.1. The summed E-state index contributed by atoms with van der Waals surface area (Å²) in [6, 6.07) is 0. The molecule has 0 saturated carbocycles. The Kier molecular flexibility index (Phi) is 5.12. The Hall–Kier alpha value is -1.05. The van der Waals surface area contributed by atoms with Crippen LogP contribution in [0.3, 0.4) is 0 Å². The van der Waals surface area contributed by atoms with E-state index in [1.807, 2.05) is 33.0 Å². The van der Waals surface area contributed by atoms with Crippen molar-refractivity contribution >= 4 is 5.71 Å². The highest BCUT2D eigenvalue weighted by atomic mass is 15.4. The van der Waals surface area contributed by atoms with E-state index in [1.54, 1.807) is 5.01 Å². The van der Waals surface area contributed by atoms with Gasteiger partial charge in [0.1, 0.15) is 0 Å². The highest BCUT2D eigenvalue weighted by Gasteiger charge is 2.01. The Labute approximate surface area is 81.6 Å². The summed E-state index contributed by atoms with van der Waals surface area (Å²) in [6.07, 6.45) is 3.86. The largest absolute Gasteiger partial charge is 0.246 e. The van der Waals surface area contributed by atoms with Crippen LogP contribution in [-0.2, 0) is 0 Å². The smallest absolute Gasteiger partial charge is 0.0383 e. The van der Waals surface area contributed by atoms with E-state index in [9.17, 15) is 0 Å². The predicted molar refractivity (Wildman–Crippen MR) is 59.4 cm³/mol. The Balaban J connectivity index is 4.59. The van der Waals surface area contributed by atoms with Crippen molar-refractivity contribution in [3.8, 4) is 0 Å². The van der Waals surface area contributed by atoms with Crippen molar-refractivity contribution in [2.75, 3.05) is 0 Å². The topological polar surface area (TPSA) is 15.6 Å². The standard InChI is InChI=1S/C11H20N2/c1-7-8-13(10(4)5)12-11(6)9(2)3/h7-9H,4H2,1-3,5-6H3/b8-7-,12-11+. The normalized spacial score (nSPS) is 12.6. The van der Waals surface area contributed by atoms with E-state index in [4.69, 9.17) is 0 Å². The molecule has 0 radical (unpaired) electrons. The zero-order valence-electron chi connectivity index (χ0n) is 9.33. The van der Waals surface area contributed by atoms with E-state index in [1.165, 1.54) is 0 Å². The molecule has 0 aliphatic heterocycles. The van der Waals surface area contributed by atoms with Crippen LogP contribution in [0.5, 0.6) is 0 Å². The second-order valence-corrected chi connectivity index (χ2v) is 3.46. The maximum Gasteiger partial charge on any atom is 0.0383 e. The average molecular weight is 180 g/mol. The quantitative estimate of drug-likeness (QED) is 0.478. The molecule has 0 heterocycles. The lowest BCUT2D eigenvalue weighted by molar-refractivity contribution is 0.495. The van der Waals surface area contributed by atoms with Crippen LogP contribution in [0.25, 0.3) is 0 Å². The van der Waals surface area contributed by atoms with Gasteiger partial charge in [-0.25, -0.2) is 5.01 Å². The molecule has 0 amide bonds. The fourth-order valence-electron chi connectivity index (χ4n) is 0.673. The summed E-state index contributed by atoms with van der Waals surface area (Å²) < 4.78 is 0. The Morgan fingerprint density at radius 1 is 1.38 bits per heavy atom. The van der Waals surface area contributed by atoms with E-state index in [0.29, 0.717) is 5.92 Å². The molecule has 0 fully saturated rings. The molecular formula is C11H20N2. The lowest BCUT2D eigenvalue weighted by Crippen LogP contribution is -2.12. The molecule has 0 aliphatic rings. The van der Waals surface area contributed by atoms with Gasteiger partial charge in [-0.1, -0.05) is 26.5 Å². The van der Waals surface area contributed by atoms with Crippen LogP contribution in [0.4, 0.5) is 0 Å². The zero-order chi connectivity index (χ0) is 10.4. The Bertz CT molecular complexity index is 224. The third-order valence-electron chi connectivity index (χ3n) is 1.78. The molecule has 0 aliphatic carbocycles. The van der Waals surface area contributed by atoms with Gasteiger partial charge in [0.05, 0.1) is 0 Å². The molecule has 74 valence electrons. The van der Waals surface area contributed by atoms with E-state index in [2.05, 4.69) is 25.5 Å². The molecule has 0 spiro atoms. The fraction of sp³-hybridized carbons (Fsp3) is 0.545. The molecule has 0 rings (SSSR count). The van der Waals surface area contributed by atoms with Crippen LogP contribution >= 0.6 is 0 Å². The molecule has 0 aromatic heterocycles. The fourth-order valence-corrected chi connectivity index (χ4v) is 0.673. The van der Waals surface area contributed by atoms with Crippen molar-refractivity contribution in [1.82, 2.24) is 5.01 Å². The minimum absolute atomic E-state index is 0.479. The van der Waals surface area contributed by atoms with E-state index in [0.717, 1.165) is 11.4 Å². The van der Waals surface area contributed by atoms with E-state index < -0.39 is 0 Å². The maximum absolute atomic E-state index is 4.43. The van der Waals surface area contributed by atoms with Crippen molar-refractivity contribution < 1.29 is 0 Å². The molecular weight excluding hydrogens is 160 g/mol. The van der Waals surface area contributed by atoms with Crippen LogP contribution in [0.1, 0.15) is 34.6 Å². The first-order valence-corrected chi connectivity index (χ1v) is 4.61. The van der Waals surface area contributed by atoms with Gasteiger partial charge in [0.2, 0.25) is 0 Å². The van der Waals surface area contributed by atoms with Gasteiger partial charge in [0.15, 0.2) is 0 Å². The summed E-state index contributed by atoms with van der Waals surface area (Å²) in [5.41, 5.74) is 2.04. The first kappa shape index (κ1) is 11.9. The SMILES string of the molecule is C=C(C)N(/C=C\C)/N=C(\C)C(C)C. The van der Waals surface area contributed by atoms with Crippen molar-refractivity contribution in [3.63, 3.8) is 0 Å². The third-order valence-corrected chi connectivity index (χ3v) is 1.78. The average Bonchev–Trinajstić information content (AvgIpc) is 2.03. The van der Waals surface area contributed by atoms with Gasteiger partial charge < -0.3 is 0 Å². The van der Waals surface area contributed by atoms with Crippen LogP contribution in [0.2, 0.25) is 0 Å². The molecule has 0 unspecified atom stereocenters. The maximum atomic E-state index is 4.43. The summed E-state index contributed by atoms with van der Waals surface area (Å²) in [4.78, 5) is 0.